The molecule has 2 aromatic carbocycles. The molecule has 0 radical (unpaired) electrons. The number of rotatable bonds is 3. The number of nitrogens with zero attached hydrogens (tertiary/aromatic N) is 4. The summed E-state index contributed by atoms with van der Waals surface area (Å²) >= 11 is 0. The Morgan fingerprint density at radius 3 is 2.64 bits per heavy atom. The van der Waals surface area contributed by atoms with Gasteiger partial charge in [-0.1, -0.05) is 12.1 Å². The minimum absolute atomic E-state index is 0.0791. The second-order valence-corrected chi connectivity index (χ2v) is 7.82. The van der Waals surface area contributed by atoms with E-state index in [0.29, 0.717) is 23.4 Å². The number of methoxy groups -OCH3 is 1. The van der Waals surface area contributed by atoms with Gasteiger partial charge in [-0.15, -0.1) is 0 Å². The fourth-order valence-electron chi connectivity index (χ4n) is 4.88. The van der Waals surface area contributed by atoms with Crippen molar-refractivity contribution in [2.24, 2.45) is 11.8 Å². The molecule has 0 aliphatic carbocycles. The third kappa shape index (κ3) is 2.74. The number of hydrogen-bond donors (Lipinski definition) is 1. The Labute approximate surface area is 163 Å². The molecule has 3 aromatic rings. The molecule has 2 saturated heterocycles. The number of carbonyl (C=O) groups excluding carboxylic acids is 1. The largest absolute Gasteiger partial charge is 0.497 e. The number of likely N-dealkylation sites (tertiary alicyclic amines) is 2. The highest BCUT2D eigenvalue weighted by Crippen LogP contribution is 2.44. The van der Waals surface area contributed by atoms with E-state index in [1.165, 1.54) is 5.56 Å². The van der Waals surface area contributed by atoms with Gasteiger partial charge in [0.25, 0.3) is 5.91 Å². The summed E-state index contributed by atoms with van der Waals surface area (Å²) in [5.74, 6) is 1.89. The Bertz CT molecular complexity index is 1020. The molecule has 0 unspecified atom stereocenters. The van der Waals surface area contributed by atoms with E-state index in [0.717, 1.165) is 36.4 Å². The van der Waals surface area contributed by atoms with E-state index in [4.69, 9.17) is 4.74 Å². The predicted molar refractivity (Wildman–Crippen MR) is 105 cm³/mol. The predicted octanol–water partition coefficient (Wildman–Crippen LogP) is 2.34. The third-order valence-electron chi connectivity index (χ3n) is 6.20. The molecule has 1 amide bonds. The van der Waals surface area contributed by atoms with Gasteiger partial charge in [-0.05, 0) is 48.9 Å². The van der Waals surface area contributed by atoms with Crippen LogP contribution in [0.3, 0.4) is 0 Å². The maximum Gasteiger partial charge on any atom is 0.253 e. The number of nitrogens with one attached hydrogen (secondary N) is 1. The summed E-state index contributed by atoms with van der Waals surface area (Å²) in [6, 6.07) is 14.2. The first-order chi connectivity index (χ1) is 13.6. The molecule has 28 heavy (non-hydrogen) atoms. The van der Waals surface area contributed by atoms with Crippen LogP contribution in [0.1, 0.15) is 22.0 Å². The molecule has 0 spiro atoms. The second kappa shape index (κ2) is 6.60. The average molecular weight is 377 g/mol. The molecule has 0 bridgehead atoms. The van der Waals surface area contributed by atoms with E-state index < -0.39 is 0 Å². The molecule has 5 rings (SSSR count). The molecule has 3 atom stereocenters. The number of H-pyrrole nitrogens is 1. The number of carbonyl (C=O) groups is 1. The quantitative estimate of drug-likeness (QED) is 0.758. The van der Waals surface area contributed by atoms with Crippen molar-refractivity contribution in [3.05, 3.63) is 53.6 Å². The summed E-state index contributed by atoms with van der Waals surface area (Å²) in [7, 11) is 3.86. The van der Waals surface area contributed by atoms with Crippen molar-refractivity contribution >= 4 is 16.9 Å². The van der Waals surface area contributed by atoms with E-state index in [-0.39, 0.29) is 5.91 Å². The lowest BCUT2D eigenvalue weighted by Crippen LogP contribution is -2.33. The summed E-state index contributed by atoms with van der Waals surface area (Å²) < 4.78 is 5.29. The molecule has 0 saturated carbocycles. The molecule has 1 aromatic heterocycles. The second-order valence-electron chi connectivity index (χ2n) is 7.82. The van der Waals surface area contributed by atoms with Crippen LogP contribution in [0.5, 0.6) is 5.75 Å². The van der Waals surface area contributed by atoms with Gasteiger partial charge in [0.15, 0.2) is 0 Å². The van der Waals surface area contributed by atoms with E-state index in [9.17, 15) is 4.79 Å². The van der Waals surface area contributed by atoms with Crippen LogP contribution in [0.4, 0.5) is 0 Å². The van der Waals surface area contributed by atoms with Crippen molar-refractivity contribution < 1.29 is 9.53 Å². The molecule has 144 valence electrons. The van der Waals surface area contributed by atoms with Crippen LogP contribution in [0.15, 0.2) is 42.5 Å². The monoisotopic (exact) mass is 377 g/mol. The van der Waals surface area contributed by atoms with Crippen molar-refractivity contribution in [1.82, 2.24) is 25.2 Å². The highest BCUT2D eigenvalue weighted by atomic mass is 16.5. The van der Waals surface area contributed by atoms with Crippen molar-refractivity contribution in [2.45, 2.75) is 6.04 Å². The van der Waals surface area contributed by atoms with Crippen LogP contribution < -0.4 is 4.74 Å². The number of hydrogen-bond acceptors (Lipinski definition) is 5. The van der Waals surface area contributed by atoms with E-state index in [2.05, 4.69) is 39.5 Å². The van der Waals surface area contributed by atoms with Crippen LogP contribution in [0, 0.1) is 11.8 Å². The number of aromatic nitrogens is 3. The SMILES string of the molecule is COc1ccc([C@H]2[C@@H]3CN(C(=O)c4ccc5n[nH]nc5c4)C[C@@H]3CN2C)cc1. The lowest BCUT2D eigenvalue weighted by Gasteiger charge is -2.27. The first-order valence-electron chi connectivity index (χ1n) is 9.58. The Balaban J connectivity index is 1.37. The Hall–Kier alpha value is -2.93. The zero-order valence-corrected chi connectivity index (χ0v) is 16.0. The normalized spacial score (nSPS) is 24.6. The summed E-state index contributed by atoms with van der Waals surface area (Å²) in [5.41, 5.74) is 3.46. The smallest absolute Gasteiger partial charge is 0.253 e. The average Bonchev–Trinajstić information content (AvgIpc) is 3.41. The molecule has 2 aliphatic rings. The topological polar surface area (TPSA) is 74.3 Å². The van der Waals surface area contributed by atoms with E-state index >= 15 is 0 Å². The van der Waals surface area contributed by atoms with E-state index in [1.807, 2.05) is 35.2 Å². The molecular formula is C21H23N5O2. The minimum atomic E-state index is 0.0791. The summed E-state index contributed by atoms with van der Waals surface area (Å²) in [6.45, 7) is 2.59. The first kappa shape index (κ1) is 17.2. The van der Waals surface area contributed by atoms with Crippen LogP contribution in [0.25, 0.3) is 11.0 Å². The maximum absolute atomic E-state index is 13.1. The third-order valence-corrected chi connectivity index (χ3v) is 6.20. The van der Waals surface area contributed by atoms with Gasteiger partial charge >= 0.3 is 0 Å². The van der Waals surface area contributed by atoms with Gasteiger partial charge in [0.05, 0.1) is 7.11 Å². The Morgan fingerprint density at radius 1 is 1.07 bits per heavy atom. The first-order valence-corrected chi connectivity index (χ1v) is 9.58. The van der Waals surface area contributed by atoms with Gasteiger partial charge in [0.2, 0.25) is 0 Å². The van der Waals surface area contributed by atoms with Crippen molar-refractivity contribution in [3.8, 4) is 5.75 Å². The highest BCUT2D eigenvalue weighted by molar-refractivity contribution is 5.97. The Kier molecular flexibility index (Phi) is 4.05. The Morgan fingerprint density at radius 2 is 1.86 bits per heavy atom. The van der Waals surface area contributed by atoms with Crippen molar-refractivity contribution in [3.63, 3.8) is 0 Å². The van der Waals surface area contributed by atoms with E-state index in [1.54, 1.807) is 7.11 Å². The molecular weight excluding hydrogens is 354 g/mol. The summed E-state index contributed by atoms with van der Waals surface area (Å²) in [6.07, 6.45) is 0. The fourth-order valence-corrected chi connectivity index (χ4v) is 4.88. The minimum Gasteiger partial charge on any atom is -0.497 e. The van der Waals surface area contributed by atoms with Gasteiger partial charge in [-0.25, -0.2) is 0 Å². The standard InChI is InChI=1S/C21H23N5O2/c1-25-10-15-11-26(21(27)14-5-8-18-19(9-14)23-24-22-18)12-17(15)20(25)13-3-6-16(28-2)7-4-13/h3-9,15,17,20H,10-12H2,1-2H3,(H,22,23,24)/t15-,17+,20-/m0/s1. The van der Waals surface area contributed by atoms with Crippen molar-refractivity contribution in [1.29, 1.82) is 0 Å². The zero-order chi connectivity index (χ0) is 19.3. The molecule has 3 heterocycles. The van der Waals surface area contributed by atoms with Gasteiger partial charge in [0.1, 0.15) is 16.8 Å². The molecule has 2 aliphatic heterocycles. The van der Waals surface area contributed by atoms with Gasteiger partial charge < -0.3 is 9.64 Å². The van der Waals surface area contributed by atoms with Gasteiger partial charge in [0, 0.05) is 37.2 Å². The van der Waals surface area contributed by atoms with Crippen molar-refractivity contribution in [2.75, 3.05) is 33.8 Å². The number of fused-ring (bicyclic) bond motifs is 2. The number of amides is 1. The molecule has 2 fully saturated rings. The van der Waals surface area contributed by atoms with Crippen LogP contribution in [-0.2, 0) is 0 Å². The molecule has 1 N–H and O–H groups in total. The fraction of sp³-hybridized carbons (Fsp3) is 0.381. The summed E-state index contributed by atoms with van der Waals surface area (Å²) in [5, 5.41) is 10.8. The van der Waals surface area contributed by atoms with Gasteiger partial charge in [-0.3, -0.25) is 9.69 Å². The maximum atomic E-state index is 13.1. The van der Waals surface area contributed by atoms with Crippen LogP contribution in [0.2, 0.25) is 0 Å². The zero-order valence-electron chi connectivity index (χ0n) is 16.0. The number of benzene rings is 2. The lowest BCUT2D eigenvalue weighted by atomic mass is 9.89. The lowest BCUT2D eigenvalue weighted by molar-refractivity contribution is 0.0768. The summed E-state index contributed by atoms with van der Waals surface area (Å²) in [4.78, 5) is 17.5. The molecule has 7 heteroatoms. The number of ether oxygens (including phenoxy) is 1. The number of aromatic amines is 1. The van der Waals surface area contributed by atoms with Crippen LogP contribution >= 0.6 is 0 Å². The highest BCUT2D eigenvalue weighted by Gasteiger charge is 2.47. The van der Waals surface area contributed by atoms with Gasteiger partial charge in [-0.2, -0.15) is 15.4 Å². The van der Waals surface area contributed by atoms with Crippen LogP contribution in [-0.4, -0.2) is 64.9 Å². The molecule has 7 nitrogen and oxygen atoms in total.